The Kier molecular flexibility index (Phi) is 5.31. The first-order valence-electron chi connectivity index (χ1n) is 7.72. The molecule has 1 aliphatic rings. The third-order valence-electron chi connectivity index (χ3n) is 3.88. The molecule has 5 heteroatoms. The van der Waals surface area contributed by atoms with Crippen LogP contribution in [0.5, 0.6) is 0 Å². The number of hydrogen-bond acceptors (Lipinski definition) is 3. The average Bonchev–Trinajstić information content (AvgIpc) is 2.59. The number of carbonyl (C=O) groups excluding carboxylic acids is 1. The van der Waals surface area contributed by atoms with Crippen molar-refractivity contribution in [3.8, 4) is 0 Å². The lowest BCUT2D eigenvalue weighted by molar-refractivity contribution is -0.122. The van der Waals surface area contributed by atoms with Crippen molar-refractivity contribution in [2.75, 3.05) is 23.8 Å². The molecule has 4 nitrogen and oxygen atoms in total. The number of carbonyl (C=O) groups is 1. The summed E-state index contributed by atoms with van der Waals surface area (Å²) in [6.07, 6.45) is 1.60. The first kappa shape index (κ1) is 16.0. The minimum Gasteiger partial charge on any atom is -0.381 e. The lowest BCUT2D eigenvalue weighted by Crippen LogP contribution is -2.28. The lowest BCUT2D eigenvalue weighted by Gasteiger charge is -2.21. The summed E-state index contributed by atoms with van der Waals surface area (Å²) < 4.78 is 6.34. The van der Waals surface area contributed by atoms with Crippen molar-refractivity contribution < 1.29 is 9.53 Å². The van der Waals surface area contributed by atoms with Crippen LogP contribution in [0.4, 0.5) is 17.1 Å². The fraction of sp³-hybridized carbons (Fsp3) is 0.278. The van der Waals surface area contributed by atoms with Crippen molar-refractivity contribution in [1.82, 2.24) is 0 Å². The molecule has 0 bridgehead atoms. The Balaban J connectivity index is 1.58. The van der Waals surface area contributed by atoms with E-state index in [2.05, 4.69) is 26.6 Å². The topological polar surface area (TPSA) is 50.4 Å². The van der Waals surface area contributed by atoms with Gasteiger partial charge in [0.2, 0.25) is 5.91 Å². The van der Waals surface area contributed by atoms with Crippen LogP contribution in [0.25, 0.3) is 0 Å². The highest BCUT2D eigenvalue weighted by atomic mass is 79.9. The maximum atomic E-state index is 12.2. The molecule has 2 aromatic rings. The van der Waals surface area contributed by atoms with Gasteiger partial charge in [0.15, 0.2) is 0 Å². The maximum Gasteiger partial charge on any atom is 0.227 e. The highest BCUT2D eigenvalue weighted by molar-refractivity contribution is 9.10. The van der Waals surface area contributed by atoms with Gasteiger partial charge in [-0.1, -0.05) is 15.9 Å². The Labute approximate surface area is 144 Å². The van der Waals surface area contributed by atoms with Crippen LogP contribution in [-0.2, 0) is 9.53 Å². The van der Waals surface area contributed by atoms with Gasteiger partial charge in [-0.05, 0) is 61.4 Å². The molecule has 1 aliphatic heterocycles. The molecule has 0 saturated carbocycles. The number of anilines is 3. The third-order valence-corrected chi connectivity index (χ3v) is 4.41. The van der Waals surface area contributed by atoms with Gasteiger partial charge in [0, 0.05) is 40.7 Å². The summed E-state index contributed by atoms with van der Waals surface area (Å²) >= 11 is 3.42. The van der Waals surface area contributed by atoms with E-state index in [1.165, 1.54) is 0 Å². The van der Waals surface area contributed by atoms with E-state index in [-0.39, 0.29) is 11.8 Å². The molecule has 120 valence electrons. The zero-order valence-corrected chi connectivity index (χ0v) is 14.3. The van der Waals surface area contributed by atoms with E-state index in [0.717, 1.165) is 34.4 Å². The Morgan fingerprint density at radius 2 is 1.43 bits per heavy atom. The summed E-state index contributed by atoms with van der Waals surface area (Å²) in [6.45, 7) is 1.35. The van der Waals surface area contributed by atoms with Crippen molar-refractivity contribution in [1.29, 1.82) is 0 Å². The molecule has 1 saturated heterocycles. The molecular weight excluding hydrogens is 356 g/mol. The van der Waals surface area contributed by atoms with Gasteiger partial charge < -0.3 is 15.4 Å². The summed E-state index contributed by atoms with van der Waals surface area (Å²) in [4.78, 5) is 12.2. The van der Waals surface area contributed by atoms with E-state index in [4.69, 9.17) is 4.74 Å². The molecule has 23 heavy (non-hydrogen) atoms. The second-order valence-corrected chi connectivity index (χ2v) is 6.50. The van der Waals surface area contributed by atoms with Gasteiger partial charge in [-0.25, -0.2) is 0 Å². The fourth-order valence-electron chi connectivity index (χ4n) is 2.54. The van der Waals surface area contributed by atoms with Gasteiger partial charge in [-0.3, -0.25) is 4.79 Å². The SMILES string of the molecule is O=C(Nc1ccc(Nc2ccc(Br)cc2)cc1)C1CCOCC1. The number of rotatable bonds is 4. The summed E-state index contributed by atoms with van der Waals surface area (Å²) in [7, 11) is 0. The summed E-state index contributed by atoms with van der Waals surface area (Å²) in [6, 6.07) is 15.7. The minimum atomic E-state index is 0.0596. The molecule has 1 heterocycles. The Morgan fingerprint density at radius 1 is 0.913 bits per heavy atom. The van der Waals surface area contributed by atoms with E-state index < -0.39 is 0 Å². The molecule has 3 rings (SSSR count). The van der Waals surface area contributed by atoms with Crippen LogP contribution in [0, 0.1) is 5.92 Å². The van der Waals surface area contributed by atoms with E-state index in [1.807, 2.05) is 48.5 Å². The van der Waals surface area contributed by atoms with E-state index in [9.17, 15) is 4.79 Å². The summed E-state index contributed by atoms with van der Waals surface area (Å²) in [5, 5.41) is 6.31. The highest BCUT2D eigenvalue weighted by Crippen LogP contribution is 2.22. The normalized spacial score (nSPS) is 15.2. The molecule has 0 radical (unpaired) electrons. The summed E-state index contributed by atoms with van der Waals surface area (Å²) in [5.74, 6) is 0.145. The van der Waals surface area contributed by atoms with Gasteiger partial charge in [0.1, 0.15) is 0 Å². The van der Waals surface area contributed by atoms with Crippen molar-refractivity contribution in [2.45, 2.75) is 12.8 Å². The van der Waals surface area contributed by atoms with Crippen molar-refractivity contribution in [3.63, 3.8) is 0 Å². The van der Waals surface area contributed by atoms with E-state index in [1.54, 1.807) is 0 Å². The predicted molar refractivity (Wildman–Crippen MR) is 96.0 cm³/mol. The quantitative estimate of drug-likeness (QED) is 0.824. The number of halogens is 1. The van der Waals surface area contributed by atoms with Gasteiger partial charge in [-0.15, -0.1) is 0 Å². The molecular formula is C18H19BrN2O2. The van der Waals surface area contributed by atoms with Crippen molar-refractivity contribution >= 4 is 38.9 Å². The van der Waals surface area contributed by atoms with Crippen LogP contribution >= 0.6 is 15.9 Å². The van der Waals surface area contributed by atoms with Crippen molar-refractivity contribution in [3.05, 3.63) is 53.0 Å². The molecule has 2 aromatic carbocycles. The van der Waals surface area contributed by atoms with Crippen LogP contribution in [0.2, 0.25) is 0 Å². The number of ether oxygens (including phenoxy) is 1. The maximum absolute atomic E-state index is 12.2. The molecule has 2 N–H and O–H groups in total. The summed E-state index contributed by atoms with van der Waals surface area (Å²) in [5.41, 5.74) is 2.83. The number of benzene rings is 2. The Bertz CT molecular complexity index is 650. The molecule has 0 aromatic heterocycles. The third kappa shape index (κ3) is 4.56. The van der Waals surface area contributed by atoms with E-state index in [0.29, 0.717) is 13.2 Å². The molecule has 0 unspecified atom stereocenters. The Morgan fingerprint density at radius 3 is 2.04 bits per heavy atom. The van der Waals surface area contributed by atoms with Gasteiger partial charge >= 0.3 is 0 Å². The van der Waals surface area contributed by atoms with Gasteiger partial charge in [0.05, 0.1) is 0 Å². The standard InChI is InChI=1S/C18H19BrN2O2/c19-14-1-3-15(4-2-14)20-16-5-7-17(8-6-16)21-18(22)13-9-11-23-12-10-13/h1-8,13,20H,9-12H2,(H,21,22). The largest absolute Gasteiger partial charge is 0.381 e. The molecule has 1 amide bonds. The van der Waals surface area contributed by atoms with Crippen LogP contribution in [-0.4, -0.2) is 19.1 Å². The lowest BCUT2D eigenvalue weighted by atomic mass is 9.99. The number of nitrogens with one attached hydrogen (secondary N) is 2. The zero-order chi connectivity index (χ0) is 16.1. The predicted octanol–water partition coefficient (Wildman–Crippen LogP) is 4.56. The first-order chi connectivity index (χ1) is 11.2. The number of hydrogen-bond donors (Lipinski definition) is 2. The first-order valence-corrected chi connectivity index (χ1v) is 8.51. The Hall–Kier alpha value is -1.85. The molecule has 0 spiro atoms. The van der Waals surface area contributed by atoms with Crippen molar-refractivity contribution in [2.24, 2.45) is 5.92 Å². The van der Waals surface area contributed by atoms with Gasteiger partial charge in [-0.2, -0.15) is 0 Å². The highest BCUT2D eigenvalue weighted by Gasteiger charge is 2.21. The smallest absolute Gasteiger partial charge is 0.227 e. The fourth-order valence-corrected chi connectivity index (χ4v) is 2.81. The number of amides is 1. The molecule has 1 fully saturated rings. The minimum absolute atomic E-state index is 0.0596. The molecule has 0 aliphatic carbocycles. The van der Waals surface area contributed by atoms with Crippen LogP contribution in [0.15, 0.2) is 53.0 Å². The second-order valence-electron chi connectivity index (χ2n) is 5.59. The monoisotopic (exact) mass is 374 g/mol. The van der Waals surface area contributed by atoms with E-state index >= 15 is 0 Å². The van der Waals surface area contributed by atoms with Crippen LogP contribution < -0.4 is 10.6 Å². The zero-order valence-electron chi connectivity index (χ0n) is 12.7. The second kappa shape index (κ2) is 7.62. The molecule has 0 atom stereocenters. The average molecular weight is 375 g/mol. The van der Waals surface area contributed by atoms with Crippen LogP contribution in [0.1, 0.15) is 12.8 Å². The van der Waals surface area contributed by atoms with Gasteiger partial charge in [0.25, 0.3) is 0 Å². The van der Waals surface area contributed by atoms with Crippen LogP contribution in [0.3, 0.4) is 0 Å².